The first kappa shape index (κ1) is 13.1. The average Bonchev–Trinajstić information content (AvgIpc) is 2.71. The number of nitrogens with zero attached hydrogens (tertiary/aromatic N) is 1. The number of halogens is 1. The van der Waals surface area contributed by atoms with E-state index in [0.29, 0.717) is 0 Å². The highest BCUT2D eigenvalue weighted by molar-refractivity contribution is 9.10. The average molecular weight is 310 g/mol. The summed E-state index contributed by atoms with van der Waals surface area (Å²) in [7, 11) is 0. The van der Waals surface area contributed by atoms with Gasteiger partial charge in [0.2, 0.25) is 0 Å². The molecule has 1 aromatic carbocycles. The van der Waals surface area contributed by atoms with Crippen LogP contribution in [0.4, 0.5) is 0 Å². The Balaban J connectivity index is 1.91. The predicted molar refractivity (Wildman–Crippen MR) is 75.7 cm³/mol. The van der Waals surface area contributed by atoms with E-state index in [2.05, 4.69) is 44.9 Å². The molecule has 18 heavy (non-hydrogen) atoms. The van der Waals surface area contributed by atoms with E-state index in [4.69, 9.17) is 5.11 Å². The largest absolute Gasteiger partial charge is 0.481 e. The number of carboxylic acid groups (broad SMARTS) is 1. The second kappa shape index (κ2) is 6.05. The van der Waals surface area contributed by atoms with E-state index >= 15 is 0 Å². The summed E-state index contributed by atoms with van der Waals surface area (Å²) >= 11 is 3.48. The summed E-state index contributed by atoms with van der Waals surface area (Å²) in [5.41, 5.74) is 1.22. The van der Waals surface area contributed by atoms with Crippen molar-refractivity contribution in [3.63, 3.8) is 0 Å². The summed E-state index contributed by atoms with van der Waals surface area (Å²) in [6.45, 7) is 0.944. The number of aliphatic carboxylic acids is 1. The Morgan fingerprint density at radius 1 is 1.22 bits per heavy atom. The predicted octanol–water partition coefficient (Wildman–Crippen LogP) is 4.05. The van der Waals surface area contributed by atoms with Crippen LogP contribution in [0.15, 0.2) is 34.9 Å². The van der Waals surface area contributed by atoms with Crippen LogP contribution in [0, 0.1) is 0 Å². The maximum Gasteiger partial charge on any atom is 0.303 e. The van der Waals surface area contributed by atoms with Crippen molar-refractivity contribution in [3.8, 4) is 0 Å². The number of carbonyl (C=O) groups is 1. The first-order chi connectivity index (χ1) is 8.66. The number of benzene rings is 1. The number of aryl methyl sites for hydroxylation is 1. The lowest BCUT2D eigenvalue weighted by molar-refractivity contribution is -0.137. The van der Waals surface area contributed by atoms with Crippen molar-refractivity contribution < 1.29 is 9.90 Å². The minimum Gasteiger partial charge on any atom is -0.481 e. The highest BCUT2D eigenvalue weighted by Gasteiger charge is 2.02. The molecule has 2 rings (SSSR count). The maximum absolute atomic E-state index is 10.4. The van der Waals surface area contributed by atoms with Gasteiger partial charge in [-0.2, -0.15) is 0 Å². The lowest BCUT2D eigenvalue weighted by Gasteiger charge is -2.05. The number of carboxylic acids is 1. The lowest BCUT2D eigenvalue weighted by atomic mass is 10.2. The van der Waals surface area contributed by atoms with Crippen LogP contribution in [0.5, 0.6) is 0 Å². The van der Waals surface area contributed by atoms with Crippen LogP contribution in [0.3, 0.4) is 0 Å². The molecule has 0 amide bonds. The number of unbranched alkanes of at least 4 members (excludes halogenated alkanes) is 2. The zero-order valence-electron chi connectivity index (χ0n) is 10.1. The third kappa shape index (κ3) is 3.35. The van der Waals surface area contributed by atoms with Crippen LogP contribution in [0.2, 0.25) is 0 Å². The molecular formula is C14H16BrNO2. The first-order valence-corrected chi connectivity index (χ1v) is 6.92. The fourth-order valence-electron chi connectivity index (χ4n) is 2.09. The van der Waals surface area contributed by atoms with E-state index in [0.717, 1.165) is 30.3 Å². The Morgan fingerprint density at radius 3 is 2.83 bits per heavy atom. The van der Waals surface area contributed by atoms with Crippen molar-refractivity contribution in [3.05, 3.63) is 34.9 Å². The number of aromatic nitrogens is 1. The molecule has 1 heterocycles. The molecule has 0 saturated heterocycles. The van der Waals surface area contributed by atoms with E-state index in [1.54, 1.807) is 0 Å². The molecule has 0 saturated carbocycles. The van der Waals surface area contributed by atoms with E-state index in [-0.39, 0.29) is 6.42 Å². The molecule has 0 radical (unpaired) electrons. The van der Waals surface area contributed by atoms with Gasteiger partial charge in [-0.05, 0) is 36.4 Å². The zero-order chi connectivity index (χ0) is 13.0. The van der Waals surface area contributed by atoms with Crippen LogP contribution < -0.4 is 0 Å². The first-order valence-electron chi connectivity index (χ1n) is 6.13. The van der Waals surface area contributed by atoms with E-state index in [9.17, 15) is 4.79 Å². The monoisotopic (exact) mass is 309 g/mol. The Bertz CT molecular complexity index is 548. The summed E-state index contributed by atoms with van der Waals surface area (Å²) in [5, 5.41) is 9.80. The molecule has 2 aromatic rings. The second-order valence-corrected chi connectivity index (χ2v) is 5.33. The molecular weight excluding hydrogens is 294 g/mol. The minimum atomic E-state index is -0.703. The molecule has 0 aliphatic heterocycles. The molecule has 0 aliphatic carbocycles. The zero-order valence-corrected chi connectivity index (χ0v) is 11.7. The van der Waals surface area contributed by atoms with Crippen LogP contribution in [0.25, 0.3) is 10.9 Å². The lowest BCUT2D eigenvalue weighted by Crippen LogP contribution is -1.98. The number of hydrogen-bond acceptors (Lipinski definition) is 1. The van der Waals surface area contributed by atoms with Crippen molar-refractivity contribution >= 4 is 32.8 Å². The highest BCUT2D eigenvalue weighted by Crippen LogP contribution is 2.21. The smallest absolute Gasteiger partial charge is 0.303 e. The maximum atomic E-state index is 10.4. The fraction of sp³-hybridized carbons (Fsp3) is 0.357. The van der Waals surface area contributed by atoms with Crippen molar-refractivity contribution in [1.29, 1.82) is 0 Å². The third-order valence-corrected chi connectivity index (χ3v) is 3.52. The Labute approximate surface area is 115 Å². The van der Waals surface area contributed by atoms with Crippen molar-refractivity contribution in [2.45, 2.75) is 32.2 Å². The number of fused-ring (bicyclic) bond motifs is 1. The molecule has 0 fully saturated rings. The summed E-state index contributed by atoms with van der Waals surface area (Å²) in [6, 6.07) is 8.37. The topological polar surface area (TPSA) is 42.2 Å². The normalized spacial score (nSPS) is 10.9. The van der Waals surface area contributed by atoms with Gasteiger partial charge in [0.25, 0.3) is 0 Å². The minimum absolute atomic E-state index is 0.276. The molecule has 0 unspecified atom stereocenters. The van der Waals surface area contributed by atoms with Gasteiger partial charge in [0, 0.05) is 29.2 Å². The molecule has 96 valence electrons. The van der Waals surface area contributed by atoms with E-state index < -0.39 is 5.97 Å². The van der Waals surface area contributed by atoms with Crippen molar-refractivity contribution in [2.75, 3.05) is 0 Å². The van der Waals surface area contributed by atoms with Gasteiger partial charge in [-0.25, -0.2) is 0 Å². The van der Waals surface area contributed by atoms with E-state index in [1.807, 2.05) is 6.07 Å². The number of hydrogen-bond donors (Lipinski definition) is 1. The number of rotatable bonds is 6. The standard InChI is InChI=1S/C14H16BrNO2/c15-12-6-5-11-7-9-16(13(11)10-12)8-3-1-2-4-14(17)18/h5-7,9-10H,1-4,8H2,(H,17,18). The van der Waals surface area contributed by atoms with Crippen LogP contribution >= 0.6 is 15.9 Å². The van der Waals surface area contributed by atoms with Gasteiger partial charge in [-0.3, -0.25) is 4.79 Å². The van der Waals surface area contributed by atoms with Gasteiger partial charge < -0.3 is 9.67 Å². The molecule has 1 aromatic heterocycles. The SMILES string of the molecule is O=C(O)CCCCCn1ccc2ccc(Br)cc21. The van der Waals surface area contributed by atoms with E-state index in [1.165, 1.54) is 10.9 Å². The summed E-state index contributed by atoms with van der Waals surface area (Å²) in [5.74, 6) is -0.703. The second-order valence-electron chi connectivity index (χ2n) is 4.42. The molecule has 4 heteroatoms. The highest BCUT2D eigenvalue weighted by atomic mass is 79.9. The molecule has 3 nitrogen and oxygen atoms in total. The quantitative estimate of drug-likeness (QED) is 0.818. The Morgan fingerprint density at radius 2 is 2.06 bits per heavy atom. The van der Waals surface area contributed by atoms with Gasteiger partial charge in [-0.15, -0.1) is 0 Å². The summed E-state index contributed by atoms with van der Waals surface area (Å²) in [6.07, 6.45) is 5.11. The van der Waals surface area contributed by atoms with Crippen molar-refractivity contribution in [1.82, 2.24) is 4.57 Å². The third-order valence-electron chi connectivity index (χ3n) is 3.03. The van der Waals surface area contributed by atoms with Crippen molar-refractivity contribution in [2.24, 2.45) is 0 Å². The van der Waals surface area contributed by atoms with Crippen LogP contribution in [0.1, 0.15) is 25.7 Å². The summed E-state index contributed by atoms with van der Waals surface area (Å²) < 4.78 is 3.31. The van der Waals surface area contributed by atoms with Gasteiger partial charge in [0.15, 0.2) is 0 Å². The fourth-order valence-corrected chi connectivity index (χ4v) is 2.44. The van der Waals surface area contributed by atoms with Gasteiger partial charge in [0.1, 0.15) is 0 Å². The molecule has 1 N–H and O–H groups in total. The molecule has 0 aliphatic rings. The molecule has 0 bridgehead atoms. The van der Waals surface area contributed by atoms with Crippen LogP contribution in [-0.2, 0) is 11.3 Å². The Kier molecular flexibility index (Phi) is 4.42. The van der Waals surface area contributed by atoms with Gasteiger partial charge in [0.05, 0.1) is 0 Å². The Hall–Kier alpha value is -1.29. The van der Waals surface area contributed by atoms with Gasteiger partial charge in [-0.1, -0.05) is 28.4 Å². The van der Waals surface area contributed by atoms with Crippen LogP contribution in [-0.4, -0.2) is 15.6 Å². The molecule has 0 spiro atoms. The molecule has 0 atom stereocenters. The summed E-state index contributed by atoms with van der Waals surface area (Å²) in [4.78, 5) is 10.4. The van der Waals surface area contributed by atoms with Gasteiger partial charge >= 0.3 is 5.97 Å².